The molecule has 1 nitrogen and oxygen atoms in total. The lowest BCUT2D eigenvalue weighted by atomic mass is 9.82. The fraction of sp³-hybridized carbons (Fsp3) is 0.806. The SMILES string of the molecule is CCCCCCCc1c(O)c(CC)c(CC)c(CCCCCCC)c1CCCCCCC. The fourth-order valence-electron chi connectivity index (χ4n) is 5.41. The molecule has 0 bridgehead atoms. The molecule has 1 aromatic carbocycles. The highest BCUT2D eigenvalue weighted by atomic mass is 16.3. The monoisotopic (exact) mass is 444 g/mol. The number of hydrogen-bond acceptors (Lipinski definition) is 1. The number of phenolic OH excluding ortho intramolecular Hbond substituents is 1. The van der Waals surface area contributed by atoms with Gasteiger partial charge in [0.05, 0.1) is 0 Å². The first-order valence-corrected chi connectivity index (χ1v) is 14.5. The molecule has 186 valence electrons. The molecule has 1 aromatic rings. The Bertz CT molecular complexity index is 601. The van der Waals surface area contributed by atoms with Gasteiger partial charge in [0.25, 0.3) is 0 Å². The molecule has 0 unspecified atom stereocenters. The summed E-state index contributed by atoms with van der Waals surface area (Å²) in [6.07, 6.45) is 25.3. The molecule has 0 aliphatic carbocycles. The zero-order valence-corrected chi connectivity index (χ0v) is 22.6. The van der Waals surface area contributed by atoms with Crippen LogP contribution in [0.5, 0.6) is 5.75 Å². The predicted molar refractivity (Wildman–Crippen MR) is 144 cm³/mol. The Labute approximate surface area is 201 Å². The van der Waals surface area contributed by atoms with Gasteiger partial charge in [0, 0.05) is 0 Å². The van der Waals surface area contributed by atoms with Crippen LogP contribution in [-0.2, 0) is 32.1 Å². The fourth-order valence-corrected chi connectivity index (χ4v) is 5.41. The summed E-state index contributed by atoms with van der Waals surface area (Å²) in [4.78, 5) is 0. The van der Waals surface area contributed by atoms with Crippen molar-refractivity contribution >= 4 is 0 Å². The molecule has 0 amide bonds. The van der Waals surface area contributed by atoms with Crippen molar-refractivity contribution in [3.05, 3.63) is 27.8 Å². The van der Waals surface area contributed by atoms with Gasteiger partial charge in [-0.25, -0.2) is 0 Å². The van der Waals surface area contributed by atoms with Crippen molar-refractivity contribution in [2.45, 2.75) is 163 Å². The summed E-state index contributed by atoms with van der Waals surface area (Å²) in [5, 5.41) is 11.4. The van der Waals surface area contributed by atoms with Gasteiger partial charge < -0.3 is 5.11 Å². The second-order valence-corrected chi connectivity index (χ2v) is 9.94. The second kappa shape index (κ2) is 18.4. The van der Waals surface area contributed by atoms with Crippen molar-refractivity contribution in [2.24, 2.45) is 0 Å². The molecule has 0 fully saturated rings. The van der Waals surface area contributed by atoms with Crippen molar-refractivity contribution in [2.75, 3.05) is 0 Å². The minimum absolute atomic E-state index is 0.665. The molecular formula is C31H56O. The lowest BCUT2D eigenvalue weighted by molar-refractivity contribution is 0.455. The number of unbranched alkanes of at least 4 members (excludes halogenated alkanes) is 12. The van der Waals surface area contributed by atoms with E-state index in [9.17, 15) is 5.11 Å². The second-order valence-electron chi connectivity index (χ2n) is 9.94. The molecule has 0 aliphatic heterocycles. The smallest absolute Gasteiger partial charge is 0.122 e. The van der Waals surface area contributed by atoms with Crippen molar-refractivity contribution < 1.29 is 5.11 Å². The van der Waals surface area contributed by atoms with E-state index in [0.29, 0.717) is 5.75 Å². The summed E-state index contributed by atoms with van der Waals surface area (Å²) < 4.78 is 0. The van der Waals surface area contributed by atoms with Crippen molar-refractivity contribution in [3.8, 4) is 5.75 Å². The molecule has 0 saturated carbocycles. The maximum absolute atomic E-state index is 11.4. The van der Waals surface area contributed by atoms with Gasteiger partial charge in [0.15, 0.2) is 0 Å². The van der Waals surface area contributed by atoms with Crippen molar-refractivity contribution in [1.29, 1.82) is 0 Å². The molecule has 0 radical (unpaired) electrons. The van der Waals surface area contributed by atoms with Crippen LogP contribution in [0.1, 0.15) is 159 Å². The molecule has 0 atom stereocenters. The van der Waals surface area contributed by atoms with Crippen LogP contribution in [0.25, 0.3) is 0 Å². The van der Waals surface area contributed by atoms with Gasteiger partial charge in [-0.05, 0) is 79.2 Å². The van der Waals surface area contributed by atoms with E-state index in [1.165, 1.54) is 126 Å². The first-order chi connectivity index (χ1) is 15.7. The van der Waals surface area contributed by atoms with Crippen LogP contribution in [-0.4, -0.2) is 5.11 Å². The van der Waals surface area contributed by atoms with Gasteiger partial charge in [0.1, 0.15) is 5.75 Å². The van der Waals surface area contributed by atoms with E-state index in [2.05, 4.69) is 34.6 Å². The van der Waals surface area contributed by atoms with Gasteiger partial charge in [-0.15, -0.1) is 0 Å². The van der Waals surface area contributed by atoms with E-state index in [1.807, 2.05) is 0 Å². The Balaban J connectivity index is 3.17. The first kappa shape index (κ1) is 29.1. The highest BCUT2D eigenvalue weighted by molar-refractivity contribution is 5.56. The summed E-state index contributed by atoms with van der Waals surface area (Å²) in [6, 6.07) is 0. The molecule has 0 heterocycles. The number of aromatic hydroxyl groups is 1. The third-order valence-corrected chi connectivity index (χ3v) is 7.33. The van der Waals surface area contributed by atoms with Crippen molar-refractivity contribution in [1.82, 2.24) is 0 Å². The topological polar surface area (TPSA) is 20.2 Å². The Hall–Kier alpha value is -0.980. The van der Waals surface area contributed by atoms with E-state index in [4.69, 9.17) is 0 Å². The summed E-state index contributed by atoms with van der Waals surface area (Å²) in [6.45, 7) is 11.4. The van der Waals surface area contributed by atoms with E-state index in [1.54, 1.807) is 11.1 Å². The van der Waals surface area contributed by atoms with Gasteiger partial charge >= 0.3 is 0 Å². The Morgan fingerprint density at radius 1 is 0.375 bits per heavy atom. The van der Waals surface area contributed by atoms with Crippen LogP contribution in [0.2, 0.25) is 0 Å². The molecule has 0 aliphatic rings. The van der Waals surface area contributed by atoms with Gasteiger partial charge in [-0.2, -0.15) is 0 Å². The van der Waals surface area contributed by atoms with E-state index in [-0.39, 0.29) is 0 Å². The Kier molecular flexibility index (Phi) is 16.7. The van der Waals surface area contributed by atoms with Gasteiger partial charge in [-0.1, -0.05) is 112 Å². The number of hydrogen-bond donors (Lipinski definition) is 1. The third kappa shape index (κ3) is 9.88. The summed E-state index contributed by atoms with van der Waals surface area (Å²) in [5.41, 5.74) is 7.26. The highest BCUT2D eigenvalue weighted by Crippen LogP contribution is 2.37. The molecule has 32 heavy (non-hydrogen) atoms. The lowest BCUT2D eigenvalue weighted by Crippen LogP contribution is -2.10. The van der Waals surface area contributed by atoms with E-state index in [0.717, 1.165) is 19.3 Å². The molecule has 0 saturated heterocycles. The summed E-state index contributed by atoms with van der Waals surface area (Å²) >= 11 is 0. The van der Waals surface area contributed by atoms with Gasteiger partial charge in [0.2, 0.25) is 0 Å². The molecular weight excluding hydrogens is 388 g/mol. The lowest BCUT2D eigenvalue weighted by Gasteiger charge is -2.24. The average molecular weight is 445 g/mol. The maximum Gasteiger partial charge on any atom is 0.122 e. The zero-order chi connectivity index (χ0) is 23.6. The predicted octanol–water partition coefficient (Wildman–Crippen LogP) is 10.1. The quantitative estimate of drug-likeness (QED) is 0.198. The van der Waals surface area contributed by atoms with E-state index >= 15 is 0 Å². The van der Waals surface area contributed by atoms with Crippen LogP contribution in [0.15, 0.2) is 0 Å². The van der Waals surface area contributed by atoms with Crippen LogP contribution >= 0.6 is 0 Å². The number of benzene rings is 1. The van der Waals surface area contributed by atoms with E-state index < -0.39 is 0 Å². The molecule has 1 heteroatoms. The number of rotatable bonds is 20. The van der Waals surface area contributed by atoms with Crippen LogP contribution in [0, 0.1) is 0 Å². The van der Waals surface area contributed by atoms with Crippen LogP contribution in [0.3, 0.4) is 0 Å². The van der Waals surface area contributed by atoms with Crippen molar-refractivity contribution in [3.63, 3.8) is 0 Å². The standard InChI is InChI=1S/C31H56O/c1-6-11-14-17-20-23-28-26(9-4)27(10-5)31(32)30(25-22-19-16-13-8-3)29(28)24-21-18-15-12-7-2/h32H,6-25H2,1-5H3. The molecule has 1 rings (SSSR count). The minimum atomic E-state index is 0.665. The summed E-state index contributed by atoms with van der Waals surface area (Å²) in [7, 11) is 0. The third-order valence-electron chi connectivity index (χ3n) is 7.33. The number of phenols is 1. The Morgan fingerprint density at radius 3 is 1.09 bits per heavy atom. The summed E-state index contributed by atoms with van der Waals surface area (Å²) in [5.74, 6) is 0.665. The molecule has 1 N–H and O–H groups in total. The van der Waals surface area contributed by atoms with Gasteiger partial charge in [-0.3, -0.25) is 0 Å². The first-order valence-electron chi connectivity index (χ1n) is 14.5. The van der Waals surface area contributed by atoms with Crippen LogP contribution in [0.4, 0.5) is 0 Å². The Morgan fingerprint density at radius 2 is 0.719 bits per heavy atom. The highest BCUT2D eigenvalue weighted by Gasteiger charge is 2.21. The maximum atomic E-state index is 11.4. The normalized spacial score (nSPS) is 11.4. The molecule has 0 spiro atoms. The zero-order valence-electron chi connectivity index (χ0n) is 22.6. The largest absolute Gasteiger partial charge is 0.507 e. The minimum Gasteiger partial charge on any atom is -0.507 e. The average Bonchev–Trinajstić information content (AvgIpc) is 2.80. The molecule has 0 aromatic heterocycles. The van der Waals surface area contributed by atoms with Crippen LogP contribution < -0.4 is 0 Å².